The lowest BCUT2D eigenvalue weighted by atomic mass is 10.0. The number of hydrogen-bond donors (Lipinski definition) is 1. The maximum atomic E-state index is 13.0. The lowest BCUT2D eigenvalue weighted by Gasteiger charge is -2.25. The average molecular weight is 1370 g/mol. The lowest BCUT2D eigenvalue weighted by molar-refractivity contribution is -0.870. The fourth-order valence-electron chi connectivity index (χ4n) is 10.4. The van der Waals surface area contributed by atoms with Crippen LogP contribution in [-0.2, 0) is 33.3 Å². The Bertz CT molecular complexity index is 2340. The number of nitrogens with zero attached hydrogens (tertiary/aromatic N) is 1. The molecule has 0 rings (SSSR count). The highest BCUT2D eigenvalue weighted by Gasteiger charge is 2.25. The van der Waals surface area contributed by atoms with Crippen molar-refractivity contribution in [2.24, 2.45) is 0 Å². The summed E-state index contributed by atoms with van der Waals surface area (Å²) in [4.78, 5) is 37.7. The van der Waals surface area contributed by atoms with Crippen LogP contribution in [0.2, 0.25) is 0 Å². The van der Waals surface area contributed by atoms with Crippen LogP contribution < -0.4 is 0 Å². The molecule has 0 aliphatic rings. The first-order valence-electron chi connectivity index (χ1n) is 39.6. The van der Waals surface area contributed by atoms with Gasteiger partial charge in [0.15, 0.2) is 6.10 Å². The Balaban J connectivity index is 4.16. The second kappa shape index (κ2) is 77.9. The van der Waals surface area contributed by atoms with Crippen molar-refractivity contribution in [3.8, 4) is 0 Å². The third-order valence-electron chi connectivity index (χ3n) is 16.3. The van der Waals surface area contributed by atoms with Gasteiger partial charge in [0.05, 0.1) is 34.4 Å². The van der Waals surface area contributed by atoms with Gasteiger partial charge in [-0.1, -0.05) is 337 Å². The van der Waals surface area contributed by atoms with Crippen LogP contribution in [0.25, 0.3) is 0 Å². The van der Waals surface area contributed by atoms with E-state index >= 15 is 0 Å². The Morgan fingerprint density at radius 2 is 0.545 bits per heavy atom. The number of hydrogen-bond acceptors (Lipinski definition) is 7. The number of quaternary nitrogens is 1. The SMILES string of the molecule is CC/C=C\C/C=C\C/C=C\C/C=C\C/C=C\C/C=C\C/C=C\C/C=C\C/C=C\C/C=C\C/C=C\C/C=C\CCCCCCC(=O)OC(COC(=O)CCCCCCCCCCCCCCCCCCCCCC/C=C\C/C=C\C/C=C\C/C=C\CC)COC(OCC[N+](C)(C)C)C(=O)O. The van der Waals surface area contributed by atoms with Gasteiger partial charge in [0.2, 0.25) is 0 Å². The predicted octanol–water partition coefficient (Wildman–Crippen LogP) is 25.7. The van der Waals surface area contributed by atoms with Crippen LogP contribution in [0, 0.1) is 0 Å². The van der Waals surface area contributed by atoms with Crippen molar-refractivity contribution in [2.45, 2.75) is 309 Å². The van der Waals surface area contributed by atoms with Crippen molar-refractivity contribution in [3.63, 3.8) is 0 Å². The van der Waals surface area contributed by atoms with Crippen molar-refractivity contribution in [1.29, 1.82) is 0 Å². The Hall–Kier alpha value is -5.87. The summed E-state index contributed by atoms with van der Waals surface area (Å²) in [6.45, 7) is 4.62. The number of unbranched alkanes of at least 4 members (excludes halogenated alkanes) is 24. The Morgan fingerprint density at radius 1 is 0.303 bits per heavy atom. The monoisotopic (exact) mass is 1370 g/mol. The van der Waals surface area contributed by atoms with Crippen LogP contribution in [0.5, 0.6) is 0 Å². The minimum atomic E-state index is -1.53. The molecule has 0 saturated heterocycles. The summed E-state index contributed by atoms with van der Waals surface area (Å²) < 4.78 is 23.0. The van der Waals surface area contributed by atoms with Gasteiger partial charge in [-0.05, 0) is 141 Å². The smallest absolute Gasteiger partial charge is 0.361 e. The van der Waals surface area contributed by atoms with E-state index < -0.39 is 24.3 Å². The van der Waals surface area contributed by atoms with Crippen molar-refractivity contribution in [2.75, 3.05) is 47.5 Å². The average Bonchev–Trinajstić information content (AvgIpc) is 2.62. The molecule has 0 aromatic rings. The zero-order valence-corrected chi connectivity index (χ0v) is 63.8. The molecule has 99 heavy (non-hydrogen) atoms. The summed E-state index contributed by atoms with van der Waals surface area (Å²) in [5.41, 5.74) is 0. The van der Waals surface area contributed by atoms with Crippen LogP contribution in [0.15, 0.2) is 194 Å². The maximum Gasteiger partial charge on any atom is 0.361 e. The molecular formula is C90H146NO8+. The van der Waals surface area contributed by atoms with Gasteiger partial charge in [0.25, 0.3) is 6.29 Å². The van der Waals surface area contributed by atoms with E-state index in [1.807, 2.05) is 21.1 Å². The van der Waals surface area contributed by atoms with Crippen LogP contribution >= 0.6 is 0 Å². The van der Waals surface area contributed by atoms with E-state index in [0.717, 1.165) is 148 Å². The predicted molar refractivity (Wildman–Crippen MR) is 428 cm³/mol. The van der Waals surface area contributed by atoms with Gasteiger partial charge < -0.3 is 28.5 Å². The third kappa shape index (κ3) is 79.3. The quantitative estimate of drug-likeness (QED) is 0.0211. The van der Waals surface area contributed by atoms with Gasteiger partial charge >= 0.3 is 17.9 Å². The minimum Gasteiger partial charge on any atom is -0.477 e. The molecule has 558 valence electrons. The van der Waals surface area contributed by atoms with Gasteiger partial charge in [-0.3, -0.25) is 9.59 Å². The molecule has 0 aliphatic carbocycles. The van der Waals surface area contributed by atoms with Gasteiger partial charge in [-0.25, -0.2) is 4.79 Å². The van der Waals surface area contributed by atoms with E-state index in [4.69, 9.17) is 18.9 Å². The van der Waals surface area contributed by atoms with Gasteiger partial charge in [-0.2, -0.15) is 0 Å². The van der Waals surface area contributed by atoms with E-state index in [1.165, 1.54) is 116 Å². The molecule has 0 saturated carbocycles. The van der Waals surface area contributed by atoms with E-state index in [-0.39, 0.29) is 38.6 Å². The molecule has 0 spiro atoms. The summed E-state index contributed by atoms with van der Waals surface area (Å²) in [6.07, 6.45) is 117. The number of aliphatic carboxylic acids is 1. The fraction of sp³-hybridized carbons (Fsp3) is 0.611. The molecule has 0 aromatic carbocycles. The Kier molecular flexibility index (Phi) is 73.2. The number of carbonyl (C=O) groups excluding carboxylic acids is 2. The second-order valence-corrected chi connectivity index (χ2v) is 26.9. The first-order valence-corrected chi connectivity index (χ1v) is 39.6. The topological polar surface area (TPSA) is 108 Å². The molecule has 0 heterocycles. The first kappa shape index (κ1) is 93.1. The van der Waals surface area contributed by atoms with Crippen LogP contribution in [0.4, 0.5) is 0 Å². The van der Waals surface area contributed by atoms with E-state index in [2.05, 4.69) is 208 Å². The zero-order chi connectivity index (χ0) is 71.8. The van der Waals surface area contributed by atoms with Crippen molar-refractivity contribution in [1.82, 2.24) is 0 Å². The number of carboxylic acids is 1. The fourth-order valence-corrected chi connectivity index (χ4v) is 10.4. The molecule has 2 unspecified atom stereocenters. The molecule has 0 fully saturated rings. The van der Waals surface area contributed by atoms with E-state index in [1.54, 1.807) is 0 Å². The highest BCUT2D eigenvalue weighted by Crippen LogP contribution is 2.17. The number of carboxylic acid groups (broad SMARTS) is 1. The highest BCUT2D eigenvalue weighted by molar-refractivity contribution is 5.71. The zero-order valence-electron chi connectivity index (χ0n) is 63.8. The normalized spacial score (nSPS) is 13.7. The van der Waals surface area contributed by atoms with E-state index in [9.17, 15) is 19.5 Å². The molecule has 2 atom stereocenters. The van der Waals surface area contributed by atoms with Gasteiger partial charge in [-0.15, -0.1) is 0 Å². The van der Waals surface area contributed by atoms with Crippen molar-refractivity contribution < 1.29 is 42.9 Å². The number of allylic oxidation sites excluding steroid dienone is 32. The maximum absolute atomic E-state index is 13.0. The first-order chi connectivity index (χ1) is 48.6. The Labute approximate surface area is 608 Å². The molecule has 0 aliphatic heterocycles. The third-order valence-corrected chi connectivity index (χ3v) is 16.3. The van der Waals surface area contributed by atoms with Crippen LogP contribution in [0.1, 0.15) is 296 Å². The molecule has 1 N–H and O–H groups in total. The highest BCUT2D eigenvalue weighted by atomic mass is 16.7. The standard InChI is InChI=1S/C90H145NO8/c1-6-8-10-12-14-16-18-20-22-24-26-28-30-32-34-36-38-40-41-42-43-44-45-46-47-49-51-53-55-57-59-61-63-65-67-69-71-73-75-77-79-81-88(93)99-86(85-98-90(89(94)95)96-83-82-91(3,4)5)84-97-87(92)80-78-76-74-72-70-68-66-64-62-60-58-56-54-52-50-48-39-37-35-33-31-29-27-25-23-21-19-17-15-13-11-9-7-2/h8-11,14-17,20-23,26-29,32,34,38,40,42-43,45-46,49,51,55,57,61,63,67,69,86,90H,6-7,12-13,18-19,24-25,30-31,33,35-37,39,41,44,47-48,50,52-54,56,58-60,62,64-66,68,70-85H2,1-5H3/p+1/b10-8-,11-9-,16-14-,17-15-,22-20-,23-21-,28-26-,29-27-,34-32-,40-38-,43-42-,46-45-,51-49-,57-55-,63-61-,69-67-. The van der Waals surface area contributed by atoms with Crippen molar-refractivity contribution >= 4 is 17.9 Å². The molecule has 0 radical (unpaired) electrons. The van der Waals surface area contributed by atoms with Crippen LogP contribution in [0.3, 0.4) is 0 Å². The molecule has 0 aromatic heterocycles. The number of esters is 2. The molecule has 0 amide bonds. The minimum absolute atomic E-state index is 0.174. The summed E-state index contributed by atoms with van der Waals surface area (Å²) in [5, 5.41) is 9.77. The largest absolute Gasteiger partial charge is 0.477 e. The molecular weight excluding hydrogens is 1220 g/mol. The van der Waals surface area contributed by atoms with Gasteiger partial charge in [0, 0.05) is 12.8 Å². The van der Waals surface area contributed by atoms with Gasteiger partial charge in [0.1, 0.15) is 13.2 Å². The number of ether oxygens (including phenoxy) is 4. The summed E-state index contributed by atoms with van der Waals surface area (Å²) in [5.74, 6) is -2.05. The number of rotatable bonds is 71. The lowest BCUT2D eigenvalue weighted by Crippen LogP contribution is -2.40. The van der Waals surface area contributed by atoms with E-state index in [0.29, 0.717) is 17.4 Å². The number of carbonyl (C=O) groups is 3. The molecule has 9 heteroatoms. The molecule has 0 bridgehead atoms. The van der Waals surface area contributed by atoms with Crippen LogP contribution in [-0.4, -0.2) is 87.4 Å². The number of likely N-dealkylation sites (N-methyl/N-ethyl adjacent to an activating group) is 1. The second-order valence-electron chi connectivity index (χ2n) is 26.9. The Morgan fingerprint density at radius 3 is 0.808 bits per heavy atom. The van der Waals surface area contributed by atoms with Crippen molar-refractivity contribution in [3.05, 3.63) is 194 Å². The summed E-state index contributed by atoms with van der Waals surface area (Å²) >= 11 is 0. The summed E-state index contributed by atoms with van der Waals surface area (Å²) in [6, 6.07) is 0. The summed E-state index contributed by atoms with van der Waals surface area (Å²) in [7, 11) is 5.96. The molecule has 9 nitrogen and oxygen atoms in total.